The van der Waals surface area contributed by atoms with Crippen LogP contribution in [0.5, 0.6) is 11.5 Å². The van der Waals surface area contributed by atoms with E-state index in [1.807, 2.05) is 24.3 Å². The van der Waals surface area contributed by atoms with E-state index in [0.717, 1.165) is 16.5 Å². The summed E-state index contributed by atoms with van der Waals surface area (Å²) in [7, 11) is 1.59. The Balaban J connectivity index is 2.02. The number of rotatable bonds is 3. The number of phenols is 2. The Morgan fingerprint density at radius 1 is 1.12 bits per heavy atom. The van der Waals surface area contributed by atoms with Crippen LogP contribution in [0.4, 0.5) is 5.82 Å². The van der Waals surface area contributed by atoms with Crippen molar-refractivity contribution in [2.24, 2.45) is 10.7 Å². The second-order valence-electron chi connectivity index (χ2n) is 5.24. The van der Waals surface area contributed by atoms with E-state index in [9.17, 15) is 10.2 Å². The number of para-hydroxylation sites is 1. The molecule has 0 aliphatic heterocycles. The van der Waals surface area contributed by atoms with Gasteiger partial charge in [0.05, 0.1) is 5.52 Å². The quantitative estimate of drug-likeness (QED) is 0.333. The molecular weight excluding hydrogens is 306 g/mol. The molecule has 0 saturated heterocycles. The number of nitrogens with two attached hydrogens (primary N) is 1. The summed E-state index contributed by atoms with van der Waals surface area (Å²) in [5.41, 5.74) is 7.31. The average molecular weight is 323 g/mol. The van der Waals surface area contributed by atoms with Gasteiger partial charge in [-0.05, 0) is 29.8 Å². The zero-order valence-electron chi connectivity index (χ0n) is 13.1. The molecule has 0 spiro atoms. The molecule has 122 valence electrons. The Morgan fingerprint density at radius 2 is 1.92 bits per heavy atom. The molecule has 7 nitrogen and oxygen atoms in total. The number of anilines is 1. The summed E-state index contributed by atoms with van der Waals surface area (Å²) in [6.45, 7) is 0. The number of hydrogen-bond donors (Lipinski definition) is 4. The molecule has 3 rings (SSSR count). The highest BCUT2D eigenvalue weighted by molar-refractivity contribution is 5.99. The highest BCUT2D eigenvalue weighted by Gasteiger charge is 2.10. The third-order valence-electron chi connectivity index (χ3n) is 3.54. The number of aromatic hydroxyl groups is 2. The van der Waals surface area contributed by atoms with Crippen molar-refractivity contribution in [3.05, 3.63) is 53.9 Å². The molecule has 7 heteroatoms. The van der Waals surface area contributed by atoms with E-state index >= 15 is 0 Å². The standard InChI is InChI=1S/C17H17N5O2/c1-19-17(18)22-16-11-4-2-3-5-12(11)20-15(21-16)9-10-6-7-13(23)14(24)8-10/h2-8,23-24H,9H2,1H3,(H3,18,19,20,21,22). The molecular formula is C17H17N5O2. The molecule has 0 amide bonds. The van der Waals surface area contributed by atoms with E-state index in [2.05, 4.69) is 20.3 Å². The summed E-state index contributed by atoms with van der Waals surface area (Å²) in [6, 6.07) is 12.2. The van der Waals surface area contributed by atoms with Gasteiger partial charge in [0, 0.05) is 18.9 Å². The first-order valence-electron chi connectivity index (χ1n) is 7.32. The van der Waals surface area contributed by atoms with Crippen molar-refractivity contribution in [1.29, 1.82) is 0 Å². The Morgan fingerprint density at radius 3 is 2.67 bits per heavy atom. The maximum absolute atomic E-state index is 9.62. The second kappa shape index (κ2) is 6.41. The molecule has 0 aliphatic rings. The summed E-state index contributed by atoms with van der Waals surface area (Å²) in [5.74, 6) is 1.06. The van der Waals surface area contributed by atoms with E-state index in [0.29, 0.717) is 18.1 Å². The number of nitrogens with zero attached hydrogens (tertiary/aromatic N) is 3. The fraction of sp³-hybridized carbons (Fsp3) is 0.118. The monoisotopic (exact) mass is 323 g/mol. The third kappa shape index (κ3) is 3.19. The largest absolute Gasteiger partial charge is 0.504 e. The average Bonchev–Trinajstić information content (AvgIpc) is 2.58. The highest BCUT2D eigenvalue weighted by Crippen LogP contribution is 2.26. The number of aliphatic imine (C=N–C) groups is 1. The van der Waals surface area contributed by atoms with Crippen LogP contribution in [0, 0.1) is 0 Å². The Kier molecular flexibility index (Phi) is 4.15. The molecule has 3 aromatic rings. The summed E-state index contributed by atoms with van der Waals surface area (Å²) >= 11 is 0. The summed E-state index contributed by atoms with van der Waals surface area (Å²) in [6.07, 6.45) is 0.399. The number of aromatic nitrogens is 2. The van der Waals surface area contributed by atoms with Crippen molar-refractivity contribution in [2.75, 3.05) is 12.4 Å². The summed E-state index contributed by atoms with van der Waals surface area (Å²) in [4.78, 5) is 12.9. The predicted molar refractivity (Wildman–Crippen MR) is 93.3 cm³/mol. The topological polar surface area (TPSA) is 117 Å². The number of phenolic OH excluding ortho intramolecular Hbond substituents is 2. The minimum Gasteiger partial charge on any atom is -0.504 e. The minimum absolute atomic E-state index is 0.160. The lowest BCUT2D eigenvalue weighted by atomic mass is 10.1. The highest BCUT2D eigenvalue weighted by atomic mass is 16.3. The molecule has 1 heterocycles. The van der Waals surface area contributed by atoms with Crippen molar-refractivity contribution in [2.45, 2.75) is 6.42 Å². The molecule has 0 unspecified atom stereocenters. The van der Waals surface area contributed by atoms with Crippen LogP contribution in [0.25, 0.3) is 10.9 Å². The number of fused-ring (bicyclic) bond motifs is 1. The van der Waals surface area contributed by atoms with Crippen molar-refractivity contribution < 1.29 is 10.2 Å². The number of hydrogen-bond acceptors (Lipinski definition) is 5. The first-order valence-corrected chi connectivity index (χ1v) is 7.32. The Hall–Kier alpha value is -3.35. The third-order valence-corrected chi connectivity index (χ3v) is 3.54. The summed E-state index contributed by atoms with van der Waals surface area (Å²) < 4.78 is 0. The molecule has 0 aliphatic carbocycles. The van der Waals surface area contributed by atoms with Gasteiger partial charge in [-0.1, -0.05) is 18.2 Å². The maximum Gasteiger partial charge on any atom is 0.194 e. The first-order chi connectivity index (χ1) is 11.6. The number of guanidine groups is 1. The van der Waals surface area contributed by atoms with Gasteiger partial charge in [-0.3, -0.25) is 4.99 Å². The predicted octanol–water partition coefficient (Wildman–Crippen LogP) is 1.99. The van der Waals surface area contributed by atoms with Crippen molar-refractivity contribution in [3.63, 3.8) is 0 Å². The molecule has 0 bridgehead atoms. The lowest BCUT2D eigenvalue weighted by Crippen LogP contribution is -2.23. The molecule has 5 N–H and O–H groups in total. The van der Waals surface area contributed by atoms with Crippen LogP contribution in [-0.2, 0) is 6.42 Å². The van der Waals surface area contributed by atoms with Gasteiger partial charge in [0.2, 0.25) is 0 Å². The summed E-state index contributed by atoms with van der Waals surface area (Å²) in [5, 5.41) is 22.8. The zero-order chi connectivity index (χ0) is 17.1. The van der Waals surface area contributed by atoms with Gasteiger partial charge in [0.1, 0.15) is 11.6 Å². The van der Waals surface area contributed by atoms with E-state index in [-0.39, 0.29) is 17.5 Å². The number of benzene rings is 2. The zero-order valence-corrected chi connectivity index (χ0v) is 13.1. The van der Waals surface area contributed by atoms with Crippen LogP contribution >= 0.6 is 0 Å². The van der Waals surface area contributed by atoms with Crippen LogP contribution in [0.15, 0.2) is 47.5 Å². The second-order valence-corrected chi connectivity index (χ2v) is 5.24. The van der Waals surface area contributed by atoms with Crippen LogP contribution in [0.3, 0.4) is 0 Å². The SMILES string of the molecule is CN=C(N)Nc1nc(Cc2ccc(O)c(O)c2)nc2ccccc12. The van der Waals surface area contributed by atoms with E-state index in [4.69, 9.17) is 5.73 Å². The lowest BCUT2D eigenvalue weighted by molar-refractivity contribution is 0.403. The van der Waals surface area contributed by atoms with Crippen LogP contribution in [-0.4, -0.2) is 33.2 Å². The molecule has 24 heavy (non-hydrogen) atoms. The van der Waals surface area contributed by atoms with Gasteiger partial charge in [-0.15, -0.1) is 0 Å². The van der Waals surface area contributed by atoms with Crippen molar-refractivity contribution in [3.8, 4) is 11.5 Å². The minimum atomic E-state index is -0.172. The number of nitrogens with one attached hydrogen (secondary N) is 1. The molecule has 0 radical (unpaired) electrons. The van der Waals surface area contributed by atoms with Gasteiger partial charge in [0.15, 0.2) is 17.5 Å². The van der Waals surface area contributed by atoms with Crippen LogP contribution < -0.4 is 11.1 Å². The Bertz CT molecular complexity index is 924. The van der Waals surface area contributed by atoms with E-state index < -0.39 is 0 Å². The first kappa shape index (κ1) is 15.5. The molecule has 0 atom stereocenters. The van der Waals surface area contributed by atoms with Gasteiger partial charge in [-0.25, -0.2) is 9.97 Å². The van der Waals surface area contributed by atoms with Gasteiger partial charge < -0.3 is 21.3 Å². The Labute approximate surface area is 138 Å². The maximum atomic E-state index is 9.62. The molecule has 0 fully saturated rings. The van der Waals surface area contributed by atoms with Crippen molar-refractivity contribution in [1.82, 2.24) is 9.97 Å². The molecule has 0 saturated carbocycles. The van der Waals surface area contributed by atoms with Crippen LogP contribution in [0.1, 0.15) is 11.4 Å². The molecule has 1 aromatic heterocycles. The smallest absolute Gasteiger partial charge is 0.194 e. The lowest BCUT2D eigenvalue weighted by Gasteiger charge is -2.10. The van der Waals surface area contributed by atoms with Gasteiger partial charge in [-0.2, -0.15) is 0 Å². The van der Waals surface area contributed by atoms with E-state index in [1.165, 1.54) is 12.1 Å². The normalized spacial score (nSPS) is 11.6. The van der Waals surface area contributed by atoms with Crippen molar-refractivity contribution >= 4 is 22.7 Å². The van der Waals surface area contributed by atoms with Crippen LogP contribution in [0.2, 0.25) is 0 Å². The van der Waals surface area contributed by atoms with Gasteiger partial charge >= 0.3 is 0 Å². The van der Waals surface area contributed by atoms with E-state index in [1.54, 1.807) is 13.1 Å². The fourth-order valence-corrected chi connectivity index (χ4v) is 2.34. The van der Waals surface area contributed by atoms with Gasteiger partial charge in [0.25, 0.3) is 0 Å². The molecule has 2 aromatic carbocycles. The fourth-order valence-electron chi connectivity index (χ4n) is 2.34.